The summed E-state index contributed by atoms with van der Waals surface area (Å²) in [6.45, 7) is 4.70. The smallest absolute Gasteiger partial charge is 0.161 e. The topological polar surface area (TPSA) is 49.0 Å². The molecule has 0 saturated carbocycles. The Kier molecular flexibility index (Phi) is 10.7. The summed E-state index contributed by atoms with van der Waals surface area (Å²) in [4.78, 5) is 0. The molecule has 172 valence electrons. The minimum atomic E-state index is 0. The number of ether oxygens (including phenoxy) is 4. The van der Waals surface area contributed by atoms with E-state index in [0.29, 0.717) is 13.2 Å². The third-order valence-corrected chi connectivity index (χ3v) is 4.91. The van der Waals surface area contributed by atoms with Crippen molar-refractivity contribution in [1.82, 2.24) is 5.32 Å². The summed E-state index contributed by atoms with van der Waals surface area (Å²) in [7, 11) is 3.30. The lowest BCUT2D eigenvalue weighted by Crippen LogP contribution is -2.16. The Hall–Kier alpha value is -2.89. The molecule has 32 heavy (non-hydrogen) atoms. The molecule has 0 aliphatic rings. The predicted octanol–water partition coefficient (Wildman–Crippen LogP) is 5.44. The third kappa shape index (κ3) is 7.36. The lowest BCUT2D eigenvalue weighted by atomic mass is 10.1. The van der Waals surface area contributed by atoms with Gasteiger partial charge in [-0.25, -0.2) is 0 Å². The van der Waals surface area contributed by atoms with Crippen molar-refractivity contribution in [3.8, 4) is 23.0 Å². The van der Waals surface area contributed by atoms with E-state index in [1.54, 1.807) is 14.2 Å². The quantitative estimate of drug-likeness (QED) is 0.367. The first-order chi connectivity index (χ1) is 15.2. The molecule has 0 aliphatic carbocycles. The number of benzene rings is 3. The van der Waals surface area contributed by atoms with Crippen LogP contribution < -0.4 is 24.3 Å². The van der Waals surface area contributed by atoms with Gasteiger partial charge >= 0.3 is 0 Å². The fraction of sp³-hybridized carbons (Fsp3) is 0.308. The van der Waals surface area contributed by atoms with Crippen molar-refractivity contribution in [2.24, 2.45) is 0 Å². The van der Waals surface area contributed by atoms with Crippen LogP contribution in [-0.2, 0) is 19.6 Å². The van der Waals surface area contributed by atoms with Crippen LogP contribution in [0.15, 0.2) is 66.7 Å². The second-order valence-electron chi connectivity index (χ2n) is 7.10. The fourth-order valence-electron chi connectivity index (χ4n) is 3.29. The zero-order chi connectivity index (χ0) is 21.9. The normalized spacial score (nSPS) is 10.2. The monoisotopic (exact) mass is 457 g/mol. The van der Waals surface area contributed by atoms with Crippen LogP contribution in [0.2, 0.25) is 0 Å². The second-order valence-corrected chi connectivity index (χ2v) is 7.10. The van der Waals surface area contributed by atoms with Gasteiger partial charge in [-0.1, -0.05) is 42.5 Å². The minimum Gasteiger partial charge on any atom is -0.493 e. The van der Waals surface area contributed by atoms with E-state index in [2.05, 4.69) is 29.6 Å². The van der Waals surface area contributed by atoms with E-state index in [4.69, 9.17) is 18.9 Å². The third-order valence-electron chi connectivity index (χ3n) is 4.91. The molecule has 0 spiro atoms. The Morgan fingerprint density at radius 2 is 1.38 bits per heavy atom. The molecule has 0 heterocycles. The average Bonchev–Trinajstić information content (AvgIpc) is 2.82. The van der Waals surface area contributed by atoms with Gasteiger partial charge < -0.3 is 24.3 Å². The van der Waals surface area contributed by atoms with E-state index < -0.39 is 0 Å². The molecule has 0 saturated heterocycles. The standard InChI is InChI=1S/C26H31NO4.ClH/c1-4-30-26-17-22(11-13-24(26)31-19-21-8-6-5-7-9-21)18-27-15-14-20-10-12-23(28-2)25(16-20)29-3;/h5-13,16-17,27H,4,14-15,18-19H2,1-3H3;1H. The number of nitrogens with one attached hydrogen (secondary N) is 1. The number of hydrogen-bond donors (Lipinski definition) is 1. The highest BCUT2D eigenvalue weighted by molar-refractivity contribution is 5.85. The van der Waals surface area contributed by atoms with Gasteiger partial charge in [-0.15, -0.1) is 12.4 Å². The summed E-state index contributed by atoms with van der Waals surface area (Å²) >= 11 is 0. The molecule has 6 heteroatoms. The van der Waals surface area contributed by atoms with Crippen LogP contribution in [0, 0.1) is 0 Å². The van der Waals surface area contributed by atoms with Crippen LogP contribution >= 0.6 is 12.4 Å². The maximum Gasteiger partial charge on any atom is 0.161 e. The van der Waals surface area contributed by atoms with Gasteiger partial charge in [0.1, 0.15) is 6.61 Å². The van der Waals surface area contributed by atoms with E-state index >= 15 is 0 Å². The van der Waals surface area contributed by atoms with Gasteiger partial charge in [-0.3, -0.25) is 0 Å². The molecule has 0 aliphatic heterocycles. The first kappa shape index (κ1) is 25.4. The van der Waals surface area contributed by atoms with E-state index in [-0.39, 0.29) is 12.4 Å². The molecule has 0 amide bonds. The number of methoxy groups -OCH3 is 2. The highest BCUT2D eigenvalue weighted by Gasteiger charge is 2.08. The molecular formula is C26H32ClNO4. The van der Waals surface area contributed by atoms with E-state index in [9.17, 15) is 0 Å². The molecular weight excluding hydrogens is 426 g/mol. The summed E-state index contributed by atoms with van der Waals surface area (Å²) in [5, 5.41) is 3.49. The maximum atomic E-state index is 5.99. The van der Waals surface area contributed by atoms with Crippen LogP contribution in [-0.4, -0.2) is 27.4 Å². The largest absolute Gasteiger partial charge is 0.493 e. The van der Waals surface area contributed by atoms with Gasteiger partial charge in [0.05, 0.1) is 20.8 Å². The molecule has 0 unspecified atom stereocenters. The average molecular weight is 458 g/mol. The van der Waals surface area contributed by atoms with E-state index in [1.807, 2.05) is 49.4 Å². The van der Waals surface area contributed by atoms with Crippen LogP contribution in [0.3, 0.4) is 0 Å². The zero-order valence-electron chi connectivity index (χ0n) is 18.9. The fourth-order valence-corrected chi connectivity index (χ4v) is 3.29. The van der Waals surface area contributed by atoms with Gasteiger partial charge in [0.2, 0.25) is 0 Å². The number of rotatable bonds is 12. The number of halogens is 1. The summed E-state index contributed by atoms with van der Waals surface area (Å²) in [5.74, 6) is 3.04. The Balaban J connectivity index is 0.00000363. The van der Waals surface area contributed by atoms with Gasteiger partial charge in [-0.2, -0.15) is 0 Å². The van der Waals surface area contributed by atoms with Crippen molar-refractivity contribution < 1.29 is 18.9 Å². The summed E-state index contributed by atoms with van der Waals surface area (Å²) in [5.41, 5.74) is 3.48. The molecule has 5 nitrogen and oxygen atoms in total. The number of hydrogen-bond acceptors (Lipinski definition) is 5. The highest BCUT2D eigenvalue weighted by Crippen LogP contribution is 2.30. The molecule has 0 bridgehead atoms. The Labute approximate surface area is 197 Å². The molecule has 0 atom stereocenters. The van der Waals surface area contributed by atoms with Crippen molar-refractivity contribution in [1.29, 1.82) is 0 Å². The van der Waals surface area contributed by atoms with Crippen molar-refractivity contribution >= 4 is 12.4 Å². The first-order valence-electron chi connectivity index (χ1n) is 10.6. The Morgan fingerprint density at radius 1 is 0.688 bits per heavy atom. The van der Waals surface area contributed by atoms with Crippen molar-refractivity contribution in [3.63, 3.8) is 0 Å². The molecule has 0 fully saturated rings. The zero-order valence-corrected chi connectivity index (χ0v) is 19.7. The molecule has 0 aromatic heterocycles. The maximum absolute atomic E-state index is 5.99. The van der Waals surface area contributed by atoms with Gasteiger partial charge in [0, 0.05) is 6.54 Å². The van der Waals surface area contributed by atoms with Gasteiger partial charge in [0.25, 0.3) is 0 Å². The SMILES string of the molecule is CCOc1cc(CNCCc2ccc(OC)c(OC)c2)ccc1OCc1ccccc1.Cl. The van der Waals surface area contributed by atoms with Crippen molar-refractivity contribution in [3.05, 3.63) is 83.4 Å². The van der Waals surface area contributed by atoms with E-state index in [1.165, 1.54) is 5.56 Å². The summed E-state index contributed by atoms with van der Waals surface area (Å²) in [6.07, 6.45) is 0.900. The van der Waals surface area contributed by atoms with E-state index in [0.717, 1.165) is 53.6 Å². The van der Waals surface area contributed by atoms with Crippen LogP contribution in [0.4, 0.5) is 0 Å². The van der Waals surface area contributed by atoms with Crippen LogP contribution in [0.1, 0.15) is 23.6 Å². The molecule has 0 radical (unpaired) electrons. The van der Waals surface area contributed by atoms with Crippen molar-refractivity contribution in [2.75, 3.05) is 27.4 Å². The Morgan fingerprint density at radius 3 is 2.09 bits per heavy atom. The minimum absolute atomic E-state index is 0. The lowest BCUT2D eigenvalue weighted by Gasteiger charge is -2.14. The molecule has 1 N–H and O–H groups in total. The van der Waals surface area contributed by atoms with Gasteiger partial charge in [0.15, 0.2) is 23.0 Å². The van der Waals surface area contributed by atoms with Crippen LogP contribution in [0.25, 0.3) is 0 Å². The van der Waals surface area contributed by atoms with Crippen LogP contribution in [0.5, 0.6) is 23.0 Å². The second kappa shape index (κ2) is 13.5. The highest BCUT2D eigenvalue weighted by atomic mass is 35.5. The summed E-state index contributed by atoms with van der Waals surface area (Å²) < 4.78 is 22.5. The van der Waals surface area contributed by atoms with Gasteiger partial charge in [-0.05, 0) is 60.8 Å². The Bertz CT molecular complexity index is 950. The molecule has 3 aromatic rings. The van der Waals surface area contributed by atoms with Crippen molar-refractivity contribution in [2.45, 2.75) is 26.5 Å². The molecule has 3 rings (SSSR count). The summed E-state index contributed by atoms with van der Waals surface area (Å²) in [6, 6.07) is 22.3. The predicted molar refractivity (Wildman–Crippen MR) is 131 cm³/mol. The first-order valence-corrected chi connectivity index (χ1v) is 10.6. The molecule has 3 aromatic carbocycles. The lowest BCUT2D eigenvalue weighted by molar-refractivity contribution is 0.269.